The monoisotopic (exact) mass is 349 g/mol. The summed E-state index contributed by atoms with van der Waals surface area (Å²) in [5.41, 5.74) is 1.36. The number of carbonyl (C=O) groups excluding carboxylic acids is 1. The van der Waals surface area contributed by atoms with Crippen molar-refractivity contribution in [3.63, 3.8) is 0 Å². The van der Waals surface area contributed by atoms with E-state index in [0.717, 1.165) is 0 Å². The van der Waals surface area contributed by atoms with Gasteiger partial charge >= 0.3 is 0 Å². The van der Waals surface area contributed by atoms with Gasteiger partial charge in [0.05, 0.1) is 30.5 Å². The van der Waals surface area contributed by atoms with Crippen molar-refractivity contribution in [1.82, 2.24) is 9.97 Å². The van der Waals surface area contributed by atoms with Gasteiger partial charge in [0.2, 0.25) is 0 Å². The number of nitrogens with one attached hydrogen (secondary N) is 1. The number of hydrogen-bond acceptors (Lipinski definition) is 5. The number of aromatic nitrogens is 2. The summed E-state index contributed by atoms with van der Waals surface area (Å²) in [5.74, 6) is 1.48. The SMILES string of the molecule is COc1cc(Cl)c(NC(=O)c2cnc(C(C)C)nc2C)c(OC)c1. The Morgan fingerprint density at radius 3 is 2.50 bits per heavy atom. The van der Waals surface area contributed by atoms with E-state index in [-0.39, 0.29) is 11.8 Å². The second kappa shape index (κ2) is 7.49. The standard InChI is InChI=1S/C17H20ClN3O3/c1-9(2)16-19-8-12(10(3)20-16)17(22)21-15-13(18)6-11(23-4)7-14(15)24-5/h6-9H,1-5H3,(H,21,22). The number of halogens is 1. The van der Waals surface area contributed by atoms with Crippen LogP contribution in [0.1, 0.15) is 41.6 Å². The average Bonchev–Trinajstić information content (AvgIpc) is 2.55. The number of amides is 1. The molecule has 0 atom stereocenters. The van der Waals surface area contributed by atoms with Gasteiger partial charge in [0.25, 0.3) is 5.91 Å². The van der Waals surface area contributed by atoms with Crippen LogP contribution in [0.4, 0.5) is 5.69 Å². The summed E-state index contributed by atoms with van der Waals surface area (Å²) < 4.78 is 10.4. The second-order valence-electron chi connectivity index (χ2n) is 5.52. The van der Waals surface area contributed by atoms with Crippen molar-refractivity contribution in [2.45, 2.75) is 26.7 Å². The fourth-order valence-electron chi connectivity index (χ4n) is 2.12. The molecule has 1 aromatic carbocycles. The van der Waals surface area contributed by atoms with E-state index in [1.54, 1.807) is 19.1 Å². The molecule has 1 aromatic heterocycles. The Morgan fingerprint density at radius 1 is 1.25 bits per heavy atom. The maximum Gasteiger partial charge on any atom is 0.259 e. The fraction of sp³-hybridized carbons (Fsp3) is 0.353. The van der Waals surface area contributed by atoms with E-state index in [9.17, 15) is 4.79 Å². The predicted octanol–water partition coefficient (Wildman–Crippen LogP) is 3.83. The van der Waals surface area contributed by atoms with Crippen LogP contribution >= 0.6 is 11.6 Å². The number of ether oxygens (including phenoxy) is 2. The molecule has 2 rings (SSSR count). The molecule has 128 valence electrons. The molecular formula is C17H20ClN3O3. The van der Waals surface area contributed by atoms with Gasteiger partial charge in [-0.05, 0) is 6.92 Å². The van der Waals surface area contributed by atoms with E-state index in [1.807, 2.05) is 13.8 Å². The zero-order valence-electron chi connectivity index (χ0n) is 14.3. The van der Waals surface area contributed by atoms with Crippen molar-refractivity contribution < 1.29 is 14.3 Å². The van der Waals surface area contributed by atoms with Gasteiger partial charge < -0.3 is 14.8 Å². The summed E-state index contributed by atoms with van der Waals surface area (Å²) in [6.45, 7) is 5.77. The summed E-state index contributed by atoms with van der Waals surface area (Å²) in [5, 5.41) is 3.07. The first-order valence-corrected chi connectivity index (χ1v) is 7.81. The largest absolute Gasteiger partial charge is 0.497 e. The molecule has 0 radical (unpaired) electrons. The highest BCUT2D eigenvalue weighted by molar-refractivity contribution is 6.34. The summed E-state index contributed by atoms with van der Waals surface area (Å²) in [7, 11) is 3.02. The van der Waals surface area contributed by atoms with Gasteiger partial charge in [-0.3, -0.25) is 4.79 Å². The van der Waals surface area contributed by atoms with E-state index in [4.69, 9.17) is 21.1 Å². The Labute approximate surface area is 146 Å². The highest BCUT2D eigenvalue weighted by atomic mass is 35.5. The third-order valence-corrected chi connectivity index (χ3v) is 3.78. The number of benzene rings is 1. The molecule has 0 aliphatic carbocycles. The van der Waals surface area contributed by atoms with Crippen LogP contribution in [0.3, 0.4) is 0 Å². The topological polar surface area (TPSA) is 73.3 Å². The van der Waals surface area contributed by atoms with Crippen molar-refractivity contribution in [2.24, 2.45) is 0 Å². The van der Waals surface area contributed by atoms with Gasteiger partial charge in [-0.1, -0.05) is 25.4 Å². The molecule has 6 nitrogen and oxygen atoms in total. The fourth-order valence-corrected chi connectivity index (χ4v) is 2.37. The molecule has 0 fully saturated rings. The Morgan fingerprint density at radius 2 is 1.96 bits per heavy atom. The minimum Gasteiger partial charge on any atom is -0.497 e. The summed E-state index contributed by atoms with van der Waals surface area (Å²) in [6.07, 6.45) is 1.52. The first kappa shape index (κ1) is 18.0. The third kappa shape index (κ3) is 3.76. The molecule has 7 heteroatoms. The van der Waals surface area contributed by atoms with Gasteiger partial charge in [-0.25, -0.2) is 9.97 Å². The second-order valence-corrected chi connectivity index (χ2v) is 5.93. The van der Waals surface area contributed by atoms with E-state index >= 15 is 0 Å². The van der Waals surface area contributed by atoms with Crippen molar-refractivity contribution in [2.75, 3.05) is 19.5 Å². The molecule has 0 spiro atoms. The molecule has 1 amide bonds. The van der Waals surface area contributed by atoms with Gasteiger partial charge in [0.1, 0.15) is 23.0 Å². The van der Waals surface area contributed by atoms with Crippen LogP contribution in [-0.2, 0) is 0 Å². The molecule has 2 aromatic rings. The maximum absolute atomic E-state index is 12.6. The van der Waals surface area contributed by atoms with Gasteiger partial charge in [-0.2, -0.15) is 0 Å². The van der Waals surface area contributed by atoms with Crippen molar-refractivity contribution in [3.8, 4) is 11.5 Å². The van der Waals surface area contributed by atoms with Crippen LogP contribution in [0.5, 0.6) is 11.5 Å². The lowest BCUT2D eigenvalue weighted by Gasteiger charge is -2.14. The Kier molecular flexibility index (Phi) is 5.62. The Balaban J connectivity index is 2.33. The number of nitrogens with zero attached hydrogens (tertiary/aromatic N) is 2. The number of hydrogen-bond donors (Lipinski definition) is 1. The molecule has 0 aliphatic heterocycles. The van der Waals surface area contributed by atoms with E-state index in [2.05, 4.69) is 15.3 Å². The quantitative estimate of drug-likeness (QED) is 0.888. The van der Waals surface area contributed by atoms with Crippen molar-refractivity contribution in [1.29, 1.82) is 0 Å². The number of methoxy groups -OCH3 is 2. The van der Waals surface area contributed by atoms with Crippen molar-refractivity contribution >= 4 is 23.2 Å². The van der Waals surface area contributed by atoms with Gasteiger partial charge in [0.15, 0.2) is 0 Å². The number of anilines is 1. The smallest absolute Gasteiger partial charge is 0.259 e. The van der Waals surface area contributed by atoms with Gasteiger partial charge in [0, 0.05) is 24.2 Å². The molecule has 0 aliphatic rings. The summed E-state index contributed by atoms with van der Waals surface area (Å²) in [6, 6.07) is 3.25. The highest BCUT2D eigenvalue weighted by Gasteiger charge is 2.18. The zero-order chi connectivity index (χ0) is 17.9. The normalized spacial score (nSPS) is 10.6. The minimum atomic E-state index is -0.354. The van der Waals surface area contributed by atoms with Crippen LogP contribution in [0.25, 0.3) is 0 Å². The van der Waals surface area contributed by atoms with Gasteiger partial charge in [-0.15, -0.1) is 0 Å². The zero-order valence-corrected chi connectivity index (χ0v) is 15.1. The Bertz CT molecular complexity index is 763. The van der Waals surface area contributed by atoms with E-state index in [1.165, 1.54) is 20.4 Å². The first-order valence-electron chi connectivity index (χ1n) is 7.43. The first-order chi connectivity index (χ1) is 11.4. The number of aryl methyl sites for hydroxylation is 1. The molecule has 0 saturated heterocycles. The minimum absolute atomic E-state index is 0.192. The summed E-state index contributed by atoms with van der Waals surface area (Å²) >= 11 is 6.22. The lowest BCUT2D eigenvalue weighted by Crippen LogP contribution is -2.16. The van der Waals surface area contributed by atoms with Crippen LogP contribution in [-0.4, -0.2) is 30.1 Å². The third-order valence-electron chi connectivity index (χ3n) is 3.48. The molecule has 0 saturated carbocycles. The van der Waals surface area contributed by atoms with Crippen LogP contribution in [0.2, 0.25) is 5.02 Å². The van der Waals surface area contributed by atoms with E-state index < -0.39 is 0 Å². The molecular weight excluding hydrogens is 330 g/mol. The number of rotatable bonds is 5. The van der Waals surface area contributed by atoms with Crippen LogP contribution in [0.15, 0.2) is 18.3 Å². The maximum atomic E-state index is 12.6. The molecule has 1 N–H and O–H groups in total. The number of carbonyl (C=O) groups is 1. The summed E-state index contributed by atoms with van der Waals surface area (Å²) in [4.78, 5) is 21.2. The van der Waals surface area contributed by atoms with E-state index in [0.29, 0.717) is 39.3 Å². The van der Waals surface area contributed by atoms with Crippen LogP contribution < -0.4 is 14.8 Å². The average molecular weight is 350 g/mol. The lowest BCUT2D eigenvalue weighted by atomic mass is 10.1. The molecule has 0 bridgehead atoms. The van der Waals surface area contributed by atoms with Crippen molar-refractivity contribution in [3.05, 3.63) is 40.4 Å². The highest BCUT2D eigenvalue weighted by Crippen LogP contribution is 2.37. The molecule has 1 heterocycles. The molecule has 24 heavy (non-hydrogen) atoms. The predicted molar refractivity (Wildman–Crippen MR) is 93.4 cm³/mol. The lowest BCUT2D eigenvalue weighted by molar-refractivity contribution is 0.102. The molecule has 0 unspecified atom stereocenters. The van der Waals surface area contributed by atoms with Crippen LogP contribution in [0, 0.1) is 6.92 Å². The Hall–Kier alpha value is -2.34.